The van der Waals surface area contributed by atoms with Gasteiger partial charge in [0.25, 0.3) is 0 Å². The Kier molecular flexibility index (Phi) is 3.59. The predicted octanol–water partition coefficient (Wildman–Crippen LogP) is 1.40. The maximum absolute atomic E-state index is 11.0. The largest absolute Gasteiger partial charge is 0.480 e. The summed E-state index contributed by atoms with van der Waals surface area (Å²) in [6.45, 7) is 0. The van der Waals surface area contributed by atoms with Gasteiger partial charge < -0.3 is 10.4 Å². The van der Waals surface area contributed by atoms with Crippen molar-refractivity contribution < 1.29 is 9.90 Å². The Morgan fingerprint density at radius 3 is 2.43 bits per heavy atom. The minimum absolute atomic E-state index is 0.323. The van der Waals surface area contributed by atoms with Gasteiger partial charge in [-0.3, -0.25) is 4.79 Å². The molecule has 0 aliphatic heterocycles. The summed E-state index contributed by atoms with van der Waals surface area (Å²) in [6.07, 6.45) is 0. The lowest BCUT2D eigenvalue weighted by molar-refractivity contribution is -0.137. The van der Waals surface area contributed by atoms with E-state index in [4.69, 9.17) is 17.3 Å². The van der Waals surface area contributed by atoms with Crippen LogP contribution in [0.15, 0.2) is 30.3 Å². The second-order valence-electron chi connectivity index (χ2n) is 2.80. The van der Waals surface area contributed by atoms with Crippen molar-refractivity contribution >= 4 is 23.2 Å². The number of hydrogen-bond donors (Lipinski definition) is 2. The van der Waals surface area contributed by atoms with Crippen LogP contribution in [-0.4, -0.2) is 23.1 Å². The Morgan fingerprint density at radius 2 is 2.00 bits per heavy atom. The summed E-state index contributed by atoms with van der Waals surface area (Å²) in [5.74, 6) is -1.69. The number of hydrogen-bond acceptors (Lipinski definition) is 2. The third kappa shape index (κ3) is 2.29. The number of carboxylic acids is 1. The van der Waals surface area contributed by atoms with Crippen molar-refractivity contribution in [3.63, 3.8) is 0 Å². The number of carboxylic acid groups (broad SMARTS) is 1. The Hall–Kier alpha value is -1.42. The molecule has 1 unspecified atom stereocenters. The molecule has 4 heteroatoms. The molecule has 1 aromatic carbocycles. The van der Waals surface area contributed by atoms with Crippen LogP contribution in [0.1, 0.15) is 11.5 Å². The zero-order valence-corrected chi connectivity index (χ0v) is 8.54. The Balaban J connectivity index is 3.01. The molecule has 0 heterocycles. The van der Waals surface area contributed by atoms with Gasteiger partial charge in [0.15, 0.2) is 0 Å². The first-order valence-electron chi connectivity index (χ1n) is 4.16. The quantitative estimate of drug-likeness (QED) is 0.739. The molecule has 0 amide bonds. The Labute approximate surface area is 87.8 Å². The fraction of sp³-hybridized carbons (Fsp3) is 0.200. The zero-order valence-electron chi connectivity index (χ0n) is 7.73. The standard InChI is InChI=1S/C10H11NO2S/c1-11-9(14)8(10(12)13)7-5-3-2-4-6-7/h2-6,8H,1H3,(H,11,14)(H,12,13). The predicted molar refractivity (Wildman–Crippen MR) is 58.5 cm³/mol. The van der Waals surface area contributed by atoms with E-state index in [1.807, 2.05) is 6.07 Å². The van der Waals surface area contributed by atoms with Crippen molar-refractivity contribution in [1.82, 2.24) is 5.32 Å². The average Bonchev–Trinajstić information content (AvgIpc) is 2.19. The second-order valence-corrected chi connectivity index (χ2v) is 3.24. The summed E-state index contributed by atoms with van der Waals surface area (Å²) >= 11 is 4.94. The molecule has 0 saturated heterocycles. The zero-order chi connectivity index (χ0) is 10.6. The van der Waals surface area contributed by atoms with Crippen molar-refractivity contribution in [3.8, 4) is 0 Å². The molecule has 0 aromatic heterocycles. The number of carbonyl (C=O) groups is 1. The van der Waals surface area contributed by atoms with Gasteiger partial charge in [-0.1, -0.05) is 42.5 Å². The van der Waals surface area contributed by atoms with Gasteiger partial charge in [0, 0.05) is 7.05 Å². The molecule has 2 N–H and O–H groups in total. The molecule has 1 atom stereocenters. The van der Waals surface area contributed by atoms with Crippen LogP contribution in [0.2, 0.25) is 0 Å². The maximum Gasteiger partial charge on any atom is 0.317 e. The molecule has 0 spiro atoms. The fourth-order valence-corrected chi connectivity index (χ4v) is 1.43. The van der Waals surface area contributed by atoms with Crippen LogP contribution in [0.4, 0.5) is 0 Å². The van der Waals surface area contributed by atoms with Gasteiger partial charge in [-0.05, 0) is 5.56 Å². The summed E-state index contributed by atoms with van der Waals surface area (Å²) in [4.78, 5) is 11.3. The summed E-state index contributed by atoms with van der Waals surface area (Å²) in [6, 6.07) is 8.93. The molecule has 0 aliphatic carbocycles. The van der Waals surface area contributed by atoms with Crippen LogP contribution in [0.3, 0.4) is 0 Å². The van der Waals surface area contributed by atoms with Gasteiger partial charge in [0.2, 0.25) is 0 Å². The smallest absolute Gasteiger partial charge is 0.317 e. The minimum atomic E-state index is -0.935. The van der Waals surface area contributed by atoms with E-state index in [-0.39, 0.29) is 0 Å². The molecule has 1 rings (SSSR count). The van der Waals surface area contributed by atoms with Gasteiger partial charge in [-0.25, -0.2) is 0 Å². The molecule has 0 fully saturated rings. The first-order chi connectivity index (χ1) is 6.66. The number of benzene rings is 1. The van der Waals surface area contributed by atoms with Crippen LogP contribution < -0.4 is 5.32 Å². The second kappa shape index (κ2) is 4.72. The highest BCUT2D eigenvalue weighted by atomic mass is 32.1. The molecule has 0 saturated carbocycles. The van der Waals surface area contributed by atoms with Crippen molar-refractivity contribution in [2.75, 3.05) is 7.05 Å². The highest BCUT2D eigenvalue weighted by molar-refractivity contribution is 7.80. The maximum atomic E-state index is 11.0. The van der Waals surface area contributed by atoms with Crippen molar-refractivity contribution in [2.24, 2.45) is 0 Å². The highest BCUT2D eigenvalue weighted by Gasteiger charge is 2.23. The molecule has 0 radical (unpaired) electrons. The van der Waals surface area contributed by atoms with E-state index in [2.05, 4.69) is 5.32 Å². The lowest BCUT2D eigenvalue weighted by Crippen LogP contribution is -2.29. The molecular weight excluding hydrogens is 198 g/mol. The Morgan fingerprint density at radius 1 is 1.43 bits per heavy atom. The molecule has 14 heavy (non-hydrogen) atoms. The molecular formula is C10H11NO2S. The third-order valence-electron chi connectivity index (χ3n) is 1.89. The van der Waals surface area contributed by atoms with Gasteiger partial charge >= 0.3 is 5.97 Å². The lowest BCUT2D eigenvalue weighted by Gasteiger charge is -2.13. The van der Waals surface area contributed by atoms with Crippen molar-refractivity contribution in [2.45, 2.75) is 5.92 Å². The van der Waals surface area contributed by atoms with Crippen LogP contribution in [0.25, 0.3) is 0 Å². The molecule has 0 aliphatic rings. The van der Waals surface area contributed by atoms with E-state index < -0.39 is 11.9 Å². The molecule has 74 valence electrons. The monoisotopic (exact) mass is 209 g/mol. The SMILES string of the molecule is CNC(=S)C(C(=O)O)c1ccccc1. The number of rotatable bonds is 3. The van der Waals surface area contributed by atoms with E-state index in [0.717, 1.165) is 0 Å². The number of likely N-dealkylation sites (N-methyl/N-ethyl adjacent to an activating group) is 1. The Bertz CT molecular complexity index is 337. The minimum Gasteiger partial charge on any atom is -0.480 e. The number of nitrogens with one attached hydrogen (secondary N) is 1. The number of thiocarbonyl (C=S) groups is 1. The van der Waals surface area contributed by atoms with Crippen LogP contribution in [0, 0.1) is 0 Å². The summed E-state index contributed by atoms with van der Waals surface area (Å²) in [5, 5.41) is 11.7. The highest BCUT2D eigenvalue weighted by Crippen LogP contribution is 2.16. The van der Waals surface area contributed by atoms with E-state index in [0.29, 0.717) is 10.6 Å². The van der Waals surface area contributed by atoms with Crippen LogP contribution in [-0.2, 0) is 4.79 Å². The number of aliphatic carboxylic acids is 1. The van der Waals surface area contributed by atoms with E-state index in [9.17, 15) is 4.79 Å². The van der Waals surface area contributed by atoms with E-state index in [1.165, 1.54) is 0 Å². The summed E-state index contributed by atoms with van der Waals surface area (Å²) in [5.41, 5.74) is 0.694. The summed E-state index contributed by atoms with van der Waals surface area (Å²) < 4.78 is 0. The van der Waals surface area contributed by atoms with Gasteiger partial charge in [-0.2, -0.15) is 0 Å². The first-order valence-corrected chi connectivity index (χ1v) is 4.57. The summed E-state index contributed by atoms with van der Waals surface area (Å²) in [7, 11) is 1.63. The first kappa shape index (κ1) is 10.7. The van der Waals surface area contributed by atoms with Gasteiger partial charge in [0.1, 0.15) is 5.92 Å². The van der Waals surface area contributed by atoms with Gasteiger partial charge in [0.05, 0.1) is 4.99 Å². The normalized spacial score (nSPS) is 11.8. The van der Waals surface area contributed by atoms with E-state index in [1.54, 1.807) is 31.3 Å². The topological polar surface area (TPSA) is 49.3 Å². The van der Waals surface area contributed by atoms with Crippen LogP contribution in [0.5, 0.6) is 0 Å². The molecule has 0 bridgehead atoms. The molecule has 1 aromatic rings. The van der Waals surface area contributed by atoms with E-state index >= 15 is 0 Å². The lowest BCUT2D eigenvalue weighted by atomic mass is 9.99. The van der Waals surface area contributed by atoms with Crippen molar-refractivity contribution in [1.29, 1.82) is 0 Å². The van der Waals surface area contributed by atoms with Crippen LogP contribution >= 0.6 is 12.2 Å². The third-order valence-corrected chi connectivity index (χ3v) is 2.33. The van der Waals surface area contributed by atoms with Gasteiger partial charge in [-0.15, -0.1) is 0 Å². The fourth-order valence-electron chi connectivity index (χ4n) is 1.20. The average molecular weight is 209 g/mol. The molecule has 3 nitrogen and oxygen atoms in total. The van der Waals surface area contributed by atoms with Crippen molar-refractivity contribution in [3.05, 3.63) is 35.9 Å².